The molecule has 0 fully saturated rings. The molecule has 1 aliphatic rings. The molecular weight excluding hydrogens is 396 g/mol. The number of nitrogens with one attached hydrogen (secondary N) is 1. The summed E-state index contributed by atoms with van der Waals surface area (Å²) in [6, 6.07) is 15.3. The molecule has 0 atom stereocenters. The van der Waals surface area contributed by atoms with Crippen LogP contribution in [-0.4, -0.2) is 17.7 Å². The van der Waals surface area contributed by atoms with Crippen molar-refractivity contribution in [2.75, 3.05) is 10.2 Å². The Morgan fingerprint density at radius 3 is 2.32 bits per heavy atom. The van der Waals surface area contributed by atoms with Crippen LogP contribution in [0, 0.1) is 0 Å². The Balaban J connectivity index is 1.49. The van der Waals surface area contributed by atoms with Crippen LogP contribution in [-0.2, 0) is 11.2 Å². The Morgan fingerprint density at radius 1 is 1.00 bits per heavy atom. The van der Waals surface area contributed by atoms with Crippen molar-refractivity contribution in [3.63, 3.8) is 0 Å². The van der Waals surface area contributed by atoms with Gasteiger partial charge in [0.1, 0.15) is 0 Å². The van der Waals surface area contributed by atoms with Crippen molar-refractivity contribution >= 4 is 52.0 Å². The van der Waals surface area contributed by atoms with Gasteiger partial charge in [0.15, 0.2) is 0 Å². The van der Waals surface area contributed by atoms with E-state index >= 15 is 0 Å². The fraction of sp³-hybridized carbons (Fsp3) is 0.0952. The Hall–Kier alpha value is -2.96. The Bertz CT molecular complexity index is 1040. The summed E-state index contributed by atoms with van der Waals surface area (Å²) >= 11 is 7.94. The van der Waals surface area contributed by atoms with Gasteiger partial charge in [-0.15, -0.1) is 11.3 Å². The molecule has 1 aromatic heterocycles. The molecule has 0 spiro atoms. The van der Waals surface area contributed by atoms with Crippen LogP contribution in [0.15, 0.2) is 60.0 Å². The number of fused-ring (bicyclic) bond motifs is 1. The fourth-order valence-corrected chi connectivity index (χ4v) is 4.06. The number of imide groups is 1. The molecule has 3 aromatic rings. The van der Waals surface area contributed by atoms with Gasteiger partial charge in [0.05, 0.1) is 21.8 Å². The molecule has 0 radical (unpaired) electrons. The summed E-state index contributed by atoms with van der Waals surface area (Å²) in [5, 5.41) is 4.99. The van der Waals surface area contributed by atoms with Crippen molar-refractivity contribution in [1.29, 1.82) is 0 Å². The van der Waals surface area contributed by atoms with Crippen LogP contribution in [0.2, 0.25) is 5.02 Å². The van der Waals surface area contributed by atoms with Gasteiger partial charge >= 0.3 is 0 Å². The van der Waals surface area contributed by atoms with Crippen molar-refractivity contribution in [3.05, 3.63) is 81.0 Å². The lowest BCUT2D eigenvalue weighted by atomic mass is 10.1. The summed E-state index contributed by atoms with van der Waals surface area (Å²) in [6.07, 6.45) is 1.03. The molecule has 0 saturated carbocycles. The second-order valence-corrected chi connectivity index (χ2v) is 7.72. The van der Waals surface area contributed by atoms with Crippen LogP contribution in [0.4, 0.5) is 11.4 Å². The minimum atomic E-state index is -0.407. The average molecular weight is 411 g/mol. The number of hydrogen-bond donors (Lipinski definition) is 1. The summed E-state index contributed by atoms with van der Waals surface area (Å²) < 4.78 is 0. The molecular formula is C21H15ClN2O3S. The van der Waals surface area contributed by atoms with Crippen molar-refractivity contribution in [3.8, 4) is 0 Å². The maximum absolute atomic E-state index is 12.6. The van der Waals surface area contributed by atoms with Crippen molar-refractivity contribution in [1.82, 2.24) is 0 Å². The number of thiophene rings is 1. The molecule has 28 heavy (non-hydrogen) atoms. The molecule has 2 aromatic carbocycles. The molecule has 4 rings (SSSR count). The van der Waals surface area contributed by atoms with Crippen LogP contribution in [0.1, 0.15) is 32.0 Å². The average Bonchev–Trinajstić information content (AvgIpc) is 3.29. The first-order valence-corrected chi connectivity index (χ1v) is 9.90. The van der Waals surface area contributed by atoms with E-state index in [1.807, 2.05) is 17.5 Å². The van der Waals surface area contributed by atoms with Gasteiger partial charge in [0.25, 0.3) is 11.8 Å². The first-order chi connectivity index (χ1) is 13.5. The second kappa shape index (κ2) is 7.58. The van der Waals surface area contributed by atoms with Gasteiger partial charge in [-0.25, -0.2) is 4.90 Å². The second-order valence-electron chi connectivity index (χ2n) is 6.29. The van der Waals surface area contributed by atoms with Crippen molar-refractivity contribution < 1.29 is 14.4 Å². The number of benzene rings is 2. The largest absolute Gasteiger partial charge is 0.326 e. The van der Waals surface area contributed by atoms with Crippen LogP contribution in [0.25, 0.3) is 0 Å². The van der Waals surface area contributed by atoms with Crippen LogP contribution >= 0.6 is 22.9 Å². The van der Waals surface area contributed by atoms with Gasteiger partial charge in [0.2, 0.25) is 5.91 Å². The van der Waals surface area contributed by atoms with Gasteiger partial charge in [-0.1, -0.05) is 29.8 Å². The summed E-state index contributed by atoms with van der Waals surface area (Å²) in [5.41, 5.74) is 1.52. The molecule has 140 valence electrons. The third-order valence-corrected chi connectivity index (χ3v) is 5.68. The maximum atomic E-state index is 12.6. The summed E-state index contributed by atoms with van der Waals surface area (Å²) in [6.45, 7) is 0. The van der Waals surface area contributed by atoms with Crippen molar-refractivity contribution in [2.45, 2.75) is 12.8 Å². The standard InChI is InChI=1S/C21H15ClN2O3S/c22-17-12-13(23-19(25)10-8-14-4-3-11-28-14)7-9-18(17)24-20(26)15-5-1-2-6-16(15)21(24)27/h1-7,9,11-12H,8,10H2,(H,23,25). The highest BCUT2D eigenvalue weighted by Crippen LogP contribution is 2.34. The van der Waals surface area contributed by atoms with E-state index in [0.29, 0.717) is 35.3 Å². The number of aryl methyl sites for hydroxylation is 1. The van der Waals surface area contributed by atoms with Gasteiger partial charge in [-0.3, -0.25) is 14.4 Å². The number of hydrogen-bond acceptors (Lipinski definition) is 4. The highest BCUT2D eigenvalue weighted by molar-refractivity contribution is 7.09. The van der Waals surface area contributed by atoms with E-state index in [1.165, 1.54) is 0 Å². The molecule has 0 bridgehead atoms. The summed E-state index contributed by atoms with van der Waals surface area (Å²) in [7, 11) is 0. The molecule has 5 nitrogen and oxygen atoms in total. The van der Waals surface area contributed by atoms with E-state index in [1.54, 1.807) is 53.8 Å². The van der Waals surface area contributed by atoms with E-state index < -0.39 is 11.8 Å². The van der Waals surface area contributed by atoms with Gasteiger partial charge in [-0.2, -0.15) is 0 Å². The number of halogens is 1. The molecule has 0 aliphatic carbocycles. The minimum absolute atomic E-state index is 0.127. The Morgan fingerprint density at radius 2 is 1.71 bits per heavy atom. The zero-order valence-corrected chi connectivity index (χ0v) is 16.2. The number of anilines is 2. The minimum Gasteiger partial charge on any atom is -0.326 e. The topological polar surface area (TPSA) is 66.5 Å². The summed E-state index contributed by atoms with van der Waals surface area (Å²) in [5.74, 6) is -0.941. The number of rotatable bonds is 5. The predicted molar refractivity (Wildman–Crippen MR) is 110 cm³/mol. The highest BCUT2D eigenvalue weighted by Gasteiger charge is 2.37. The first kappa shape index (κ1) is 18.4. The Labute approximate surface area is 170 Å². The van der Waals surface area contributed by atoms with Gasteiger partial charge in [-0.05, 0) is 48.2 Å². The van der Waals surface area contributed by atoms with Gasteiger partial charge < -0.3 is 5.32 Å². The van der Waals surface area contributed by atoms with E-state index in [2.05, 4.69) is 5.32 Å². The highest BCUT2D eigenvalue weighted by atomic mass is 35.5. The molecule has 0 saturated heterocycles. The predicted octanol–water partition coefficient (Wildman–Crippen LogP) is 4.77. The normalized spacial score (nSPS) is 13.0. The van der Waals surface area contributed by atoms with E-state index in [0.717, 1.165) is 9.78 Å². The number of amides is 3. The third-order valence-electron chi connectivity index (χ3n) is 4.44. The number of carbonyl (C=O) groups is 3. The third kappa shape index (κ3) is 3.44. The van der Waals surface area contributed by atoms with Crippen molar-refractivity contribution in [2.24, 2.45) is 0 Å². The smallest absolute Gasteiger partial charge is 0.266 e. The maximum Gasteiger partial charge on any atom is 0.266 e. The van der Waals surface area contributed by atoms with Gasteiger partial charge in [0, 0.05) is 17.0 Å². The lowest BCUT2D eigenvalue weighted by Crippen LogP contribution is -2.29. The molecule has 2 heterocycles. The monoisotopic (exact) mass is 410 g/mol. The fourth-order valence-electron chi connectivity index (χ4n) is 3.09. The quantitative estimate of drug-likeness (QED) is 0.616. The van der Waals surface area contributed by atoms with Crippen LogP contribution in [0.5, 0.6) is 0 Å². The van der Waals surface area contributed by atoms with Crippen LogP contribution < -0.4 is 10.2 Å². The molecule has 0 unspecified atom stereocenters. The number of carbonyl (C=O) groups excluding carboxylic acids is 3. The molecule has 3 amide bonds. The lowest BCUT2D eigenvalue weighted by molar-refractivity contribution is -0.116. The zero-order valence-electron chi connectivity index (χ0n) is 14.6. The molecule has 7 heteroatoms. The number of nitrogens with zero attached hydrogens (tertiary/aromatic N) is 1. The molecule has 1 aliphatic heterocycles. The van der Waals surface area contributed by atoms with E-state index in [9.17, 15) is 14.4 Å². The SMILES string of the molecule is O=C(CCc1cccs1)Nc1ccc(N2C(=O)c3ccccc3C2=O)c(Cl)c1. The first-order valence-electron chi connectivity index (χ1n) is 8.64. The molecule has 1 N–H and O–H groups in total. The zero-order chi connectivity index (χ0) is 19.7. The van der Waals surface area contributed by atoms with E-state index in [-0.39, 0.29) is 10.9 Å². The lowest BCUT2D eigenvalue weighted by Gasteiger charge is -2.16. The summed E-state index contributed by atoms with van der Waals surface area (Å²) in [4.78, 5) is 39.6. The van der Waals surface area contributed by atoms with Crippen LogP contribution in [0.3, 0.4) is 0 Å². The van der Waals surface area contributed by atoms with E-state index in [4.69, 9.17) is 11.6 Å². The Kier molecular flexibility index (Phi) is 4.98.